The minimum absolute atomic E-state index is 0.00898. The smallest absolute Gasteiger partial charge is 0.255 e. The molecule has 0 fully saturated rings. The molecule has 0 unspecified atom stereocenters. The second kappa shape index (κ2) is 7.61. The second-order valence-electron chi connectivity index (χ2n) is 4.77. The molecule has 0 aliphatic heterocycles. The summed E-state index contributed by atoms with van der Waals surface area (Å²) in [5.41, 5.74) is 1.60. The third-order valence-electron chi connectivity index (χ3n) is 3.09. The van der Waals surface area contributed by atoms with Crippen LogP contribution in [0.1, 0.15) is 22.3 Å². The maximum absolute atomic E-state index is 12.2. The number of carbonyl (C=O) groups excluding carboxylic acids is 2. The zero-order valence-electron chi connectivity index (χ0n) is 12.2. The molecular weight excluding hydrogens is 294 g/mol. The summed E-state index contributed by atoms with van der Waals surface area (Å²) >= 11 is 0. The first-order valence-corrected chi connectivity index (χ1v) is 6.92. The summed E-state index contributed by atoms with van der Waals surface area (Å²) in [6, 6.07) is 14.8. The number of anilines is 1. The van der Waals surface area contributed by atoms with Crippen LogP contribution in [0.4, 0.5) is 5.69 Å². The van der Waals surface area contributed by atoms with E-state index in [4.69, 9.17) is 5.26 Å². The van der Waals surface area contributed by atoms with Gasteiger partial charge in [0.25, 0.3) is 5.91 Å². The molecule has 0 aromatic heterocycles. The average Bonchev–Trinajstić information content (AvgIpc) is 2.54. The third-order valence-corrected chi connectivity index (χ3v) is 3.09. The quantitative estimate of drug-likeness (QED) is 0.787. The SMILES string of the molecule is N#CCC(=O)NCc1ccccc1NC(=O)c1cccc(O)c1. The van der Waals surface area contributed by atoms with Gasteiger partial charge < -0.3 is 15.7 Å². The van der Waals surface area contributed by atoms with Gasteiger partial charge in [-0.2, -0.15) is 5.26 Å². The highest BCUT2D eigenvalue weighted by Gasteiger charge is 2.10. The predicted octanol–water partition coefficient (Wildman–Crippen LogP) is 2.17. The van der Waals surface area contributed by atoms with Crippen molar-refractivity contribution in [2.24, 2.45) is 0 Å². The first-order chi connectivity index (χ1) is 11.1. The fourth-order valence-electron chi connectivity index (χ4n) is 1.97. The molecule has 3 N–H and O–H groups in total. The number of benzene rings is 2. The summed E-state index contributed by atoms with van der Waals surface area (Å²) in [5.74, 6) is -0.729. The van der Waals surface area contributed by atoms with E-state index in [9.17, 15) is 14.7 Å². The van der Waals surface area contributed by atoms with Crippen molar-refractivity contribution >= 4 is 17.5 Å². The van der Waals surface area contributed by atoms with Crippen LogP contribution in [0.3, 0.4) is 0 Å². The zero-order chi connectivity index (χ0) is 16.7. The average molecular weight is 309 g/mol. The summed E-state index contributed by atoms with van der Waals surface area (Å²) in [6.45, 7) is 0.205. The largest absolute Gasteiger partial charge is 0.508 e. The number of hydrogen-bond acceptors (Lipinski definition) is 4. The summed E-state index contributed by atoms with van der Waals surface area (Å²) in [4.78, 5) is 23.6. The van der Waals surface area contributed by atoms with Crippen LogP contribution in [-0.2, 0) is 11.3 Å². The first kappa shape index (κ1) is 16.0. The van der Waals surface area contributed by atoms with Crippen molar-refractivity contribution in [1.82, 2.24) is 5.32 Å². The summed E-state index contributed by atoms with van der Waals surface area (Å²) < 4.78 is 0. The third kappa shape index (κ3) is 4.58. The van der Waals surface area contributed by atoms with Gasteiger partial charge in [0, 0.05) is 17.8 Å². The number of phenols is 1. The molecule has 0 saturated heterocycles. The predicted molar refractivity (Wildman–Crippen MR) is 84.6 cm³/mol. The van der Waals surface area contributed by atoms with Gasteiger partial charge in [-0.1, -0.05) is 24.3 Å². The Morgan fingerprint density at radius 1 is 1.13 bits per heavy atom. The number of nitrogens with one attached hydrogen (secondary N) is 2. The molecule has 0 atom stereocenters. The van der Waals surface area contributed by atoms with E-state index in [1.54, 1.807) is 42.5 Å². The molecular formula is C17H15N3O3. The van der Waals surface area contributed by atoms with Crippen molar-refractivity contribution in [3.63, 3.8) is 0 Å². The standard InChI is InChI=1S/C17H15N3O3/c18-9-8-16(22)19-11-13-4-1-2-7-15(13)20-17(23)12-5-3-6-14(21)10-12/h1-7,10,21H,8,11H2,(H,19,22)(H,20,23). The Morgan fingerprint density at radius 3 is 2.65 bits per heavy atom. The molecule has 2 aromatic rings. The van der Waals surface area contributed by atoms with E-state index in [0.717, 1.165) is 0 Å². The monoisotopic (exact) mass is 309 g/mol. The maximum atomic E-state index is 12.2. The van der Waals surface area contributed by atoms with Gasteiger partial charge in [0.1, 0.15) is 12.2 Å². The van der Waals surface area contributed by atoms with E-state index in [1.807, 2.05) is 0 Å². The van der Waals surface area contributed by atoms with Crippen molar-refractivity contribution in [1.29, 1.82) is 5.26 Å². The van der Waals surface area contributed by atoms with Crippen LogP contribution in [0.15, 0.2) is 48.5 Å². The Balaban J connectivity index is 2.09. The Kier molecular flexibility index (Phi) is 5.31. The molecule has 116 valence electrons. The van der Waals surface area contributed by atoms with Gasteiger partial charge in [-0.25, -0.2) is 0 Å². The molecule has 23 heavy (non-hydrogen) atoms. The summed E-state index contributed by atoms with van der Waals surface area (Å²) in [5, 5.41) is 23.2. The van der Waals surface area contributed by atoms with Gasteiger partial charge in [0.2, 0.25) is 5.91 Å². The fourth-order valence-corrected chi connectivity index (χ4v) is 1.97. The number of para-hydroxylation sites is 1. The van der Waals surface area contributed by atoms with Crippen molar-refractivity contribution < 1.29 is 14.7 Å². The topological polar surface area (TPSA) is 102 Å². The number of rotatable bonds is 5. The van der Waals surface area contributed by atoms with Crippen LogP contribution in [0.25, 0.3) is 0 Å². The molecule has 0 bridgehead atoms. The van der Waals surface area contributed by atoms with Crippen LogP contribution in [0, 0.1) is 11.3 Å². The molecule has 0 spiro atoms. The molecule has 6 heteroatoms. The van der Waals surface area contributed by atoms with Gasteiger partial charge in [-0.05, 0) is 29.8 Å². The van der Waals surface area contributed by atoms with Gasteiger partial charge in [0.05, 0.1) is 6.07 Å². The number of carbonyl (C=O) groups is 2. The Bertz CT molecular complexity index is 766. The van der Waals surface area contributed by atoms with E-state index in [0.29, 0.717) is 16.8 Å². The van der Waals surface area contributed by atoms with Gasteiger partial charge in [-0.3, -0.25) is 9.59 Å². The van der Waals surface area contributed by atoms with Gasteiger partial charge in [-0.15, -0.1) is 0 Å². The van der Waals surface area contributed by atoms with Crippen LogP contribution >= 0.6 is 0 Å². The van der Waals surface area contributed by atoms with Crippen molar-refractivity contribution in [2.45, 2.75) is 13.0 Å². The van der Waals surface area contributed by atoms with Gasteiger partial charge in [0.15, 0.2) is 0 Å². The number of aromatic hydroxyl groups is 1. The van der Waals surface area contributed by atoms with Crippen LogP contribution in [-0.4, -0.2) is 16.9 Å². The molecule has 0 heterocycles. The number of amides is 2. The summed E-state index contributed by atoms with van der Waals surface area (Å²) in [7, 11) is 0. The van der Waals surface area contributed by atoms with Crippen LogP contribution < -0.4 is 10.6 Å². The molecule has 0 aliphatic carbocycles. The van der Waals surface area contributed by atoms with Crippen molar-refractivity contribution in [2.75, 3.05) is 5.32 Å². The fraction of sp³-hybridized carbons (Fsp3) is 0.118. The van der Waals surface area contributed by atoms with Crippen LogP contribution in [0.2, 0.25) is 0 Å². The minimum Gasteiger partial charge on any atom is -0.508 e. The lowest BCUT2D eigenvalue weighted by Crippen LogP contribution is -2.23. The Hall–Kier alpha value is -3.33. The zero-order valence-corrected chi connectivity index (χ0v) is 12.2. The molecule has 2 amide bonds. The number of nitriles is 1. The number of hydrogen-bond donors (Lipinski definition) is 3. The molecule has 0 saturated carbocycles. The molecule has 6 nitrogen and oxygen atoms in total. The normalized spacial score (nSPS) is 9.70. The van der Waals surface area contributed by atoms with Crippen molar-refractivity contribution in [3.05, 3.63) is 59.7 Å². The minimum atomic E-state index is -0.374. The second-order valence-corrected chi connectivity index (χ2v) is 4.77. The Morgan fingerprint density at radius 2 is 1.91 bits per heavy atom. The number of phenolic OH excluding ortho intramolecular Hbond substituents is 1. The maximum Gasteiger partial charge on any atom is 0.255 e. The van der Waals surface area contributed by atoms with E-state index >= 15 is 0 Å². The Labute approximate surface area is 133 Å². The molecule has 2 aromatic carbocycles. The molecule has 2 rings (SSSR count). The lowest BCUT2D eigenvalue weighted by atomic mass is 10.1. The highest BCUT2D eigenvalue weighted by Crippen LogP contribution is 2.17. The van der Waals surface area contributed by atoms with E-state index in [2.05, 4.69) is 10.6 Å². The van der Waals surface area contributed by atoms with Gasteiger partial charge >= 0.3 is 0 Å². The molecule has 0 radical (unpaired) electrons. The van der Waals surface area contributed by atoms with E-state index < -0.39 is 0 Å². The summed E-state index contributed by atoms with van der Waals surface area (Å²) in [6.07, 6.45) is -0.210. The highest BCUT2D eigenvalue weighted by atomic mass is 16.3. The molecule has 0 aliphatic rings. The van der Waals surface area contributed by atoms with E-state index in [-0.39, 0.29) is 30.5 Å². The van der Waals surface area contributed by atoms with Crippen molar-refractivity contribution in [3.8, 4) is 11.8 Å². The highest BCUT2D eigenvalue weighted by molar-refractivity contribution is 6.04. The lowest BCUT2D eigenvalue weighted by molar-refractivity contribution is -0.120. The van der Waals surface area contributed by atoms with Crippen LogP contribution in [0.5, 0.6) is 5.75 Å². The lowest BCUT2D eigenvalue weighted by Gasteiger charge is -2.11. The first-order valence-electron chi connectivity index (χ1n) is 6.92. The number of nitrogens with zero attached hydrogens (tertiary/aromatic N) is 1. The van der Waals surface area contributed by atoms with E-state index in [1.165, 1.54) is 12.1 Å².